The van der Waals surface area contributed by atoms with Crippen LogP contribution in [0, 0.1) is 6.92 Å². The second kappa shape index (κ2) is 4.12. The molecule has 0 aromatic heterocycles. The third kappa shape index (κ3) is 1.68. The lowest BCUT2D eigenvalue weighted by Gasteiger charge is -2.15. The molecule has 3 amide bonds. The summed E-state index contributed by atoms with van der Waals surface area (Å²) >= 11 is 0. The first kappa shape index (κ1) is 11.3. The second-order valence-corrected chi connectivity index (χ2v) is 5.04. The van der Waals surface area contributed by atoms with Gasteiger partial charge in [-0.25, -0.2) is 4.79 Å². The van der Waals surface area contributed by atoms with Gasteiger partial charge in [-0.05, 0) is 25.3 Å². The molecule has 2 saturated heterocycles. The lowest BCUT2D eigenvalue weighted by molar-refractivity contribution is -0.128. The summed E-state index contributed by atoms with van der Waals surface area (Å²) in [6, 6.07) is 7.63. The fourth-order valence-electron chi connectivity index (χ4n) is 2.70. The van der Waals surface area contributed by atoms with Crippen LogP contribution in [0.2, 0.25) is 0 Å². The van der Waals surface area contributed by atoms with Crippen LogP contribution in [0.4, 0.5) is 4.79 Å². The van der Waals surface area contributed by atoms with Crippen LogP contribution in [0.25, 0.3) is 0 Å². The van der Waals surface area contributed by atoms with Gasteiger partial charge in [0.2, 0.25) is 0 Å². The number of carbonyl (C=O) groups excluding carboxylic acids is 2. The average molecular weight is 244 g/mol. The molecule has 1 atom stereocenters. The van der Waals surface area contributed by atoms with Crippen LogP contribution < -0.4 is 0 Å². The second-order valence-electron chi connectivity index (χ2n) is 5.04. The lowest BCUT2D eigenvalue weighted by Crippen LogP contribution is -2.32. The van der Waals surface area contributed by atoms with Crippen molar-refractivity contribution in [2.24, 2.45) is 0 Å². The molecule has 2 aliphatic rings. The highest BCUT2D eigenvalue weighted by molar-refractivity contribution is 6.04. The van der Waals surface area contributed by atoms with Crippen molar-refractivity contribution in [2.75, 3.05) is 6.54 Å². The number of carbonyl (C=O) groups is 2. The predicted molar refractivity (Wildman–Crippen MR) is 66.9 cm³/mol. The third-order valence-electron chi connectivity index (χ3n) is 3.74. The van der Waals surface area contributed by atoms with Crippen molar-refractivity contribution >= 4 is 11.9 Å². The van der Waals surface area contributed by atoms with Gasteiger partial charge < -0.3 is 4.90 Å². The molecular formula is C14H16N2O2. The number of urea groups is 1. The predicted octanol–water partition coefficient (Wildman–Crippen LogP) is 1.92. The van der Waals surface area contributed by atoms with Crippen LogP contribution in [0.5, 0.6) is 0 Å². The number of rotatable bonds is 2. The molecule has 1 unspecified atom stereocenters. The van der Waals surface area contributed by atoms with E-state index in [1.807, 2.05) is 31.2 Å². The van der Waals surface area contributed by atoms with E-state index < -0.39 is 0 Å². The van der Waals surface area contributed by atoms with E-state index in [0.29, 0.717) is 6.54 Å². The van der Waals surface area contributed by atoms with E-state index in [1.165, 1.54) is 10.5 Å². The maximum Gasteiger partial charge on any atom is 0.327 e. The van der Waals surface area contributed by atoms with Gasteiger partial charge in [0.05, 0.1) is 6.54 Å². The zero-order valence-electron chi connectivity index (χ0n) is 10.4. The van der Waals surface area contributed by atoms with E-state index in [9.17, 15) is 9.59 Å². The number of nitrogens with zero attached hydrogens (tertiary/aromatic N) is 2. The molecule has 4 nitrogen and oxygen atoms in total. The fraction of sp³-hybridized carbons (Fsp3) is 0.429. The first-order valence-electron chi connectivity index (χ1n) is 6.34. The van der Waals surface area contributed by atoms with E-state index in [2.05, 4.69) is 0 Å². The van der Waals surface area contributed by atoms with Crippen molar-refractivity contribution < 1.29 is 9.59 Å². The number of benzene rings is 1. The van der Waals surface area contributed by atoms with Crippen LogP contribution in [0.15, 0.2) is 24.3 Å². The molecule has 1 aromatic rings. The number of hydrogen-bond donors (Lipinski definition) is 0. The highest BCUT2D eigenvalue weighted by Gasteiger charge is 2.46. The van der Waals surface area contributed by atoms with Gasteiger partial charge >= 0.3 is 6.03 Å². The summed E-state index contributed by atoms with van der Waals surface area (Å²) < 4.78 is 0. The van der Waals surface area contributed by atoms with E-state index in [-0.39, 0.29) is 18.0 Å². The smallest absolute Gasteiger partial charge is 0.312 e. The number of fused-ring (bicyclic) bond motifs is 1. The third-order valence-corrected chi connectivity index (χ3v) is 3.74. The minimum absolute atomic E-state index is 0.0296. The molecule has 0 radical (unpaired) electrons. The minimum atomic E-state index is -0.192. The van der Waals surface area contributed by atoms with Crippen LogP contribution in [0.3, 0.4) is 0 Å². The lowest BCUT2D eigenvalue weighted by atomic mass is 10.1. The molecule has 18 heavy (non-hydrogen) atoms. The molecule has 2 heterocycles. The fourth-order valence-corrected chi connectivity index (χ4v) is 2.70. The summed E-state index contributed by atoms with van der Waals surface area (Å²) in [6.45, 7) is 3.14. The maximum atomic E-state index is 12.1. The summed E-state index contributed by atoms with van der Waals surface area (Å²) in [5.41, 5.74) is 2.18. The Morgan fingerprint density at radius 2 is 1.94 bits per heavy atom. The Morgan fingerprint density at radius 1 is 1.22 bits per heavy atom. The van der Waals surface area contributed by atoms with Crippen molar-refractivity contribution in [3.63, 3.8) is 0 Å². The number of aryl methyl sites for hydroxylation is 1. The van der Waals surface area contributed by atoms with E-state index in [4.69, 9.17) is 0 Å². The van der Waals surface area contributed by atoms with Gasteiger partial charge in [-0.3, -0.25) is 9.69 Å². The molecule has 1 aromatic carbocycles. The van der Waals surface area contributed by atoms with Gasteiger partial charge in [-0.15, -0.1) is 0 Å². The molecule has 3 rings (SSSR count). The van der Waals surface area contributed by atoms with E-state index in [1.54, 1.807) is 4.90 Å². The number of amides is 3. The monoisotopic (exact) mass is 244 g/mol. The molecule has 2 fully saturated rings. The Labute approximate surface area is 106 Å². The topological polar surface area (TPSA) is 40.6 Å². The zero-order valence-corrected chi connectivity index (χ0v) is 10.4. The van der Waals surface area contributed by atoms with Crippen molar-refractivity contribution in [3.05, 3.63) is 35.4 Å². The highest BCUT2D eigenvalue weighted by Crippen LogP contribution is 2.28. The zero-order chi connectivity index (χ0) is 12.7. The maximum absolute atomic E-state index is 12.1. The highest BCUT2D eigenvalue weighted by atomic mass is 16.2. The molecule has 0 N–H and O–H groups in total. The van der Waals surface area contributed by atoms with Crippen molar-refractivity contribution in [2.45, 2.75) is 32.4 Å². The van der Waals surface area contributed by atoms with Gasteiger partial charge in [0.1, 0.15) is 6.04 Å². The van der Waals surface area contributed by atoms with Crippen LogP contribution in [-0.2, 0) is 11.3 Å². The van der Waals surface area contributed by atoms with E-state index >= 15 is 0 Å². The first-order chi connectivity index (χ1) is 8.66. The number of imide groups is 1. The van der Waals surface area contributed by atoms with Crippen molar-refractivity contribution in [1.29, 1.82) is 0 Å². The van der Waals surface area contributed by atoms with Crippen LogP contribution in [0.1, 0.15) is 24.0 Å². The summed E-state index contributed by atoms with van der Waals surface area (Å²) in [5, 5.41) is 0. The molecular weight excluding hydrogens is 228 g/mol. The SMILES string of the molecule is Cc1ccc(CN2C(=O)C3CCCN3C2=O)cc1. The minimum Gasteiger partial charge on any atom is -0.312 e. The van der Waals surface area contributed by atoms with Gasteiger partial charge in [-0.1, -0.05) is 29.8 Å². The molecule has 4 heteroatoms. The molecule has 94 valence electrons. The molecule has 0 aliphatic carbocycles. The van der Waals surface area contributed by atoms with Crippen molar-refractivity contribution in [1.82, 2.24) is 9.80 Å². The molecule has 0 bridgehead atoms. The summed E-state index contributed by atoms with van der Waals surface area (Å²) in [5.74, 6) is -0.0296. The standard InChI is InChI=1S/C14H16N2O2/c1-10-4-6-11(7-5-10)9-16-13(17)12-3-2-8-15(12)14(16)18/h4-7,12H,2-3,8-9H2,1H3. The Morgan fingerprint density at radius 3 is 2.61 bits per heavy atom. The van der Waals surface area contributed by atoms with Crippen LogP contribution >= 0.6 is 0 Å². The quantitative estimate of drug-likeness (QED) is 0.746. The van der Waals surface area contributed by atoms with Gasteiger partial charge in [0.15, 0.2) is 0 Å². The largest absolute Gasteiger partial charge is 0.327 e. The van der Waals surface area contributed by atoms with Gasteiger partial charge in [-0.2, -0.15) is 0 Å². The first-order valence-corrected chi connectivity index (χ1v) is 6.34. The molecule has 0 spiro atoms. The molecule has 2 aliphatic heterocycles. The van der Waals surface area contributed by atoms with Gasteiger partial charge in [0, 0.05) is 6.54 Å². The van der Waals surface area contributed by atoms with Gasteiger partial charge in [0.25, 0.3) is 5.91 Å². The Bertz CT molecular complexity index is 473. The van der Waals surface area contributed by atoms with E-state index in [0.717, 1.165) is 24.9 Å². The summed E-state index contributed by atoms with van der Waals surface area (Å²) in [6.07, 6.45) is 1.76. The number of hydrogen-bond acceptors (Lipinski definition) is 2. The van der Waals surface area contributed by atoms with Crippen molar-refractivity contribution in [3.8, 4) is 0 Å². The normalized spacial score (nSPS) is 22.8. The molecule has 0 saturated carbocycles. The summed E-state index contributed by atoms with van der Waals surface area (Å²) in [7, 11) is 0. The Hall–Kier alpha value is -1.84. The van der Waals surface area contributed by atoms with Crippen LogP contribution in [-0.4, -0.2) is 34.3 Å². The Balaban J connectivity index is 1.79. The summed E-state index contributed by atoms with van der Waals surface area (Å²) in [4.78, 5) is 27.3. The Kier molecular flexibility index (Phi) is 2.58. The average Bonchev–Trinajstić information content (AvgIpc) is 2.92.